The summed E-state index contributed by atoms with van der Waals surface area (Å²) in [6.45, 7) is 0.183. The van der Waals surface area contributed by atoms with Crippen LogP contribution >= 0.6 is 23.2 Å². The smallest absolute Gasteiger partial charge is 0.323 e. The minimum absolute atomic E-state index is 0.00544. The second-order valence-electron chi connectivity index (χ2n) is 7.84. The molecule has 2 aromatic carbocycles. The first-order valence-corrected chi connectivity index (χ1v) is 11.8. The molecule has 2 atom stereocenters. The fraction of sp³-hybridized carbons (Fsp3) is 0.148. The average molecular weight is 508 g/mol. The van der Waals surface area contributed by atoms with Gasteiger partial charge in [-0.2, -0.15) is 0 Å². The number of nitrogens with one attached hydrogen (secondary N) is 1. The van der Waals surface area contributed by atoms with E-state index in [0.29, 0.717) is 16.4 Å². The van der Waals surface area contributed by atoms with Crippen LogP contribution in [0, 0.1) is 0 Å². The molecule has 0 radical (unpaired) electrons. The fourth-order valence-electron chi connectivity index (χ4n) is 3.61. The highest BCUT2D eigenvalue weighted by Gasteiger charge is 2.35. The van der Waals surface area contributed by atoms with E-state index >= 15 is 0 Å². The average Bonchev–Trinajstić information content (AvgIpc) is 2.88. The van der Waals surface area contributed by atoms with Crippen LogP contribution in [-0.2, 0) is 20.9 Å². The van der Waals surface area contributed by atoms with E-state index in [2.05, 4.69) is 10.3 Å². The molecule has 4 rings (SSSR count). The number of rotatable bonds is 8. The van der Waals surface area contributed by atoms with E-state index in [1.807, 2.05) is 12.1 Å². The van der Waals surface area contributed by atoms with E-state index in [4.69, 9.17) is 27.9 Å². The monoisotopic (exact) mass is 507 g/mol. The molecule has 0 bridgehead atoms. The van der Waals surface area contributed by atoms with Crippen LogP contribution in [0.2, 0.25) is 5.02 Å². The Hall–Kier alpha value is -3.61. The molecule has 2 heterocycles. The lowest BCUT2D eigenvalue weighted by atomic mass is 9.97. The summed E-state index contributed by atoms with van der Waals surface area (Å²) in [6.07, 6.45) is 6.97. The predicted molar refractivity (Wildman–Crippen MR) is 137 cm³/mol. The van der Waals surface area contributed by atoms with Gasteiger partial charge in [0, 0.05) is 17.4 Å². The molecule has 0 spiro atoms. The van der Waals surface area contributed by atoms with Crippen LogP contribution in [0.15, 0.2) is 103 Å². The Morgan fingerprint density at radius 3 is 2.54 bits per heavy atom. The molecule has 6 nitrogen and oxygen atoms in total. The van der Waals surface area contributed by atoms with Gasteiger partial charge in [0.05, 0.1) is 6.54 Å². The molecule has 3 aromatic rings. The predicted octanol–water partition coefficient (Wildman–Crippen LogP) is 5.20. The Morgan fingerprint density at radius 2 is 1.86 bits per heavy atom. The number of alkyl halides is 1. The molecular formula is C27H23Cl2N3O3. The molecule has 1 aliphatic rings. The lowest BCUT2D eigenvalue weighted by Crippen LogP contribution is -2.41. The first kappa shape index (κ1) is 24.5. The van der Waals surface area contributed by atoms with E-state index in [0.717, 1.165) is 11.1 Å². The van der Waals surface area contributed by atoms with Gasteiger partial charge in [0.25, 0.3) is 0 Å². The van der Waals surface area contributed by atoms with Crippen molar-refractivity contribution in [3.8, 4) is 0 Å². The summed E-state index contributed by atoms with van der Waals surface area (Å²) < 4.78 is 5.59. The maximum Gasteiger partial charge on any atom is 0.323 e. The number of halogens is 2. The topological polar surface area (TPSA) is 71.5 Å². The second kappa shape index (κ2) is 11.7. The van der Waals surface area contributed by atoms with Crippen LogP contribution in [-0.4, -0.2) is 28.9 Å². The van der Waals surface area contributed by atoms with Gasteiger partial charge >= 0.3 is 5.97 Å². The molecule has 35 heavy (non-hydrogen) atoms. The summed E-state index contributed by atoms with van der Waals surface area (Å²) in [5.41, 5.74) is 1.74. The zero-order chi connectivity index (χ0) is 24.6. The van der Waals surface area contributed by atoms with Crippen molar-refractivity contribution in [2.24, 2.45) is 0 Å². The van der Waals surface area contributed by atoms with Gasteiger partial charge < -0.3 is 10.1 Å². The molecule has 1 aromatic heterocycles. The molecular weight excluding hydrogens is 485 g/mol. The normalized spacial score (nSPS) is 15.5. The van der Waals surface area contributed by atoms with Crippen molar-refractivity contribution in [2.75, 3.05) is 11.4 Å². The number of carbonyl (C=O) groups is 2. The number of amides is 1. The quantitative estimate of drug-likeness (QED) is 0.196. The minimum atomic E-state index is -1.18. The molecule has 0 fully saturated rings. The maximum atomic E-state index is 14.0. The Labute approximate surface area is 213 Å². The first-order valence-electron chi connectivity index (χ1n) is 11.0. The standard InChI is InChI=1S/C27H23Cl2N3O3/c28-22-10-6-7-19(15-22)18-35-27(34)25(21-8-2-1-3-9-21)26(33)32(24-11-4-5-14-30-24)17-20-12-13-23(29)31-16-20/h1-16,23,25,31H,17-18H2. The number of carbonyl (C=O) groups excluding carboxylic acids is 2. The van der Waals surface area contributed by atoms with E-state index in [-0.39, 0.29) is 18.7 Å². The summed E-state index contributed by atoms with van der Waals surface area (Å²) >= 11 is 12.1. The molecule has 1 amide bonds. The highest BCUT2D eigenvalue weighted by atomic mass is 35.5. The van der Waals surface area contributed by atoms with Crippen molar-refractivity contribution >= 4 is 40.9 Å². The van der Waals surface area contributed by atoms with Gasteiger partial charge in [0.2, 0.25) is 5.91 Å². The Bertz CT molecular complexity index is 1230. The van der Waals surface area contributed by atoms with Crippen LogP contribution in [0.5, 0.6) is 0 Å². The lowest BCUT2D eigenvalue weighted by Gasteiger charge is -2.27. The fourth-order valence-corrected chi connectivity index (χ4v) is 3.96. The minimum Gasteiger partial charge on any atom is -0.460 e. The third kappa shape index (κ3) is 6.50. The number of dihydropyridines is 1. The van der Waals surface area contributed by atoms with Gasteiger partial charge in [-0.05, 0) is 47.0 Å². The van der Waals surface area contributed by atoms with Crippen molar-refractivity contribution in [3.05, 3.63) is 119 Å². The van der Waals surface area contributed by atoms with E-state index in [9.17, 15) is 9.59 Å². The van der Waals surface area contributed by atoms with Crippen LogP contribution in [0.25, 0.3) is 0 Å². The van der Waals surface area contributed by atoms with Crippen LogP contribution < -0.4 is 10.2 Å². The van der Waals surface area contributed by atoms with Gasteiger partial charge in [0.15, 0.2) is 5.92 Å². The molecule has 0 aliphatic carbocycles. The number of hydrogen-bond donors (Lipinski definition) is 1. The molecule has 0 saturated heterocycles. The lowest BCUT2D eigenvalue weighted by molar-refractivity contribution is -0.149. The third-order valence-electron chi connectivity index (χ3n) is 5.33. The van der Waals surface area contributed by atoms with Crippen molar-refractivity contribution in [1.82, 2.24) is 10.3 Å². The van der Waals surface area contributed by atoms with Crippen LogP contribution in [0.4, 0.5) is 5.82 Å². The number of pyridine rings is 1. The zero-order valence-corrected chi connectivity index (χ0v) is 20.2. The number of ether oxygens (including phenoxy) is 1. The van der Waals surface area contributed by atoms with Gasteiger partial charge in [-0.1, -0.05) is 77.8 Å². The number of hydrogen-bond acceptors (Lipinski definition) is 5. The highest BCUT2D eigenvalue weighted by molar-refractivity contribution is 6.30. The summed E-state index contributed by atoms with van der Waals surface area (Å²) in [6, 6.07) is 21.2. The van der Waals surface area contributed by atoms with Gasteiger partial charge in [-0.25, -0.2) is 4.98 Å². The van der Waals surface area contributed by atoms with Gasteiger partial charge in [-0.15, -0.1) is 0 Å². The van der Waals surface area contributed by atoms with Crippen molar-refractivity contribution in [3.63, 3.8) is 0 Å². The zero-order valence-electron chi connectivity index (χ0n) is 18.7. The SMILES string of the molecule is O=C(OCc1cccc(Cl)c1)C(C(=O)N(CC1=CNC(Cl)C=C1)c1ccccn1)c1ccccc1. The van der Waals surface area contributed by atoms with Crippen LogP contribution in [0.1, 0.15) is 17.0 Å². The van der Waals surface area contributed by atoms with Gasteiger partial charge in [0.1, 0.15) is 17.9 Å². The summed E-state index contributed by atoms with van der Waals surface area (Å²) in [7, 11) is 0. The largest absolute Gasteiger partial charge is 0.460 e. The summed E-state index contributed by atoms with van der Waals surface area (Å²) in [5.74, 6) is -1.87. The third-order valence-corrected chi connectivity index (χ3v) is 5.83. The highest BCUT2D eigenvalue weighted by Crippen LogP contribution is 2.25. The number of benzene rings is 2. The maximum absolute atomic E-state index is 14.0. The molecule has 1 N–H and O–H groups in total. The van der Waals surface area contributed by atoms with Crippen LogP contribution in [0.3, 0.4) is 0 Å². The van der Waals surface area contributed by atoms with E-state index in [1.54, 1.807) is 85.2 Å². The second-order valence-corrected chi connectivity index (χ2v) is 8.75. The van der Waals surface area contributed by atoms with Crippen molar-refractivity contribution in [1.29, 1.82) is 0 Å². The number of nitrogens with zero attached hydrogens (tertiary/aromatic N) is 2. The van der Waals surface area contributed by atoms with Crippen molar-refractivity contribution in [2.45, 2.75) is 18.0 Å². The van der Waals surface area contributed by atoms with Gasteiger partial charge in [-0.3, -0.25) is 14.5 Å². The summed E-state index contributed by atoms with van der Waals surface area (Å²) in [5, 5.41) is 3.55. The number of anilines is 1. The summed E-state index contributed by atoms with van der Waals surface area (Å²) in [4.78, 5) is 33.1. The first-order chi connectivity index (χ1) is 17.0. The Kier molecular flexibility index (Phi) is 8.19. The number of esters is 1. The van der Waals surface area contributed by atoms with E-state index in [1.165, 1.54) is 4.90 Å². The molecule has 1 aliphatic heterocycles. The molecule has 8 heteroatoms. The van der Waals surface area contributed by atoms with E-state index < -0.39 is 17.8 Å². The van der Waals surface area contributed by atoms with Crippen molar-refractivity contribution < 1.29 is 14.3 Å². The molecule has 178 valence electrons. The number of aromatic nitrogens is 1. The molecule has 2 unspecified atom stereocenters. The Morgan fingerprint density at radius 1 is 1.06 bits per heavy atom. The Balaban J connectivity index is 1.63. The molecule has 0 saturated carbocycles.